The van der Waals surface area contributed by atoms with Gasteiger partial charge in [-0.2, -0.15) is 0 Å². The maximum Gasteiger partial charge on any atom is 0.273 e. The Morgan fingerprint density at radius 3 is 2.72 bits per heavy atom. The molecule has 1 aromatic carbocycles. The number of benzene rings is 1. The third kappa shape index (κ3) is 2.77. The summed E-state index contributed by atoms with van der Waals surface area (Å²) in [5, 5.41) is 1.84. The standard InChI is InChI=1S/C18H19N3O3S/c22-18(15-9-25-10-19-15)21-7-13-5-20(6-14(13)8-21)4-12-1-2-16-17(3-12)24-11-23-16/h1-3,9-10,13-14H,4-8,11H2/t13-,14+. The van der Waals surface area contributed by atoms with Gasteiger partial charge >= 0.3 is 0 Å². The highest BCUT2D eigenvalue weighted by atomic mass is 32.1. The van der Waals surface area contributed by atoms with E-state index < -0.39 is 0 Å². The molecule has 2 fully saturated rings. The number of likely N-dealkylation sites (tertiary alicyclic amines) is 2. The third-order valence-electron chi connectivity index (χ3n) is 5.34. The molecule has 6 nitrogen and oxygen atoms in total. The van der Waals surface area contributed by atoms with Crippen LogP contribution >= 0.6 is 11.3 Å². The summed E-state index contributed by atoms with van der Waals surface area (Å²) in [4.78, 5) is 21.1. The summed E-state index contributed by atoms with van der Waals surface area (Å²) in [5.41, 5.74) is 3.55. The van der Waals surface area contributed by atoms with Crippen LogP contribution in [0.25, 0.3) is 0 Å². The van der Waals surface area contributed by atoms with E-state index in [9.17, 15) is 4.79 Å². The summed E-state index contributed by atoms with van der Waals surface area (Å²) < 4.78 is 10.8. The number of aromatic nitrogens is 1. The lowest BCUT2D eigenvalue weighted by Gasteiger charge is -2.21. The van der Waals surface area contributed by atoms with E-state index in [4.69, 9.17) is 9.47 Å². The van der Waals surface area contributed by atoms with E-state index in [1.54, 1.807) is 5.51 Å². The Morgan fingerprint density at radius 1 is 1.16 bits per heavy atom. The van der Waals surface area contributed by atoms with Crippen LogP contribution in [0.3, 0.4) is 0 Å². The zero-order valence-corrected chi connectivity index (χ0v) is 14.6. The van der Waals surface area contributed by atoms with Crippen molar-refractivity contribution < 1.29 is 14.3 Å². The fraction of sp³-hybridized carbons (Fsp3) is 0.444. The molecule has 0 saturated carbocycles. The molecule has 1 aromatic heterocycles. The number of thiazole rings is 1. The maximum atomic E-state index is 12.5. The van der Waals surface area contributed by atoms with Crippen LogP contribution in [0.1, 0.15) is 16.1 Å². The highest BCUT2D eigenvalue weighted by Gasteiger charge is 2.41. The van der Waals surface area contributed by atoms with Crippen molar-refractivity contribution in [1.29, 1.82) is 0 Å². The lowest BCUT2D eigenvalue weighted by atomic mass is 10.0. The SMILES string of the molecule is O=C(c1cscn1)N1C[C@H]2CN(Cc3ccc4c(c3)OCO4)C[C@H]2C1. The van der Waals surface area contributed by atoms with Crippen molar-refractivity contribution >= 4 is 17.2 Å². The van der Waals surface area contributed by atoms with Gasteiger partial charge in [-0.15, -0.1) is 11.3 Å². The van der Waals surface area contributed by atoms with Gasteiger partial charge in [-0.3, -0.25) is 9.69 Å². The molecule has 0 unspecified atom stereocenters. The predicted octanol–water partition coefficient (Wildman–Crippen LogP) is 2.08. The number of carbonyl (C=O) groups is 1. The Balaban J connectivity index is 1.20. The third-order valence-corrected chi connectivity index (χ3v) is 5.93. The monoisotopic (exact) mass is 357 g/mol. The van der Waals surface area contributed by atoms with Crippen molar-refractivity contribution in [3.8, 4) is 11.5 Å². The second-order valence-electron chi connectivity index (χ2n) is 6.99. The first-order valence-electron chi connectivity index (χ1n) is 8.54. The summed E-state index contributed by atoms with van der Waals surface area (Å²) in [6.07, 6.45) is 0. The summed E-state index contributed by atoms with van der Waals surface area (Å²) >= 11 is 1.47. The smallest absolute Gasteiger partial charge is 0.273 e. The molecular weight excluding hydrogens is 338 g/mol. The molecule has 2 aromatic rings. The number of rotatable bonds is 3. The molecule has 3 aliphatic heterocycles. The lowest BCUT2D eigenvalue weighted by molar-refractivity contribution is 0.0768. The minimum atomic E-state index is 0.0815. The average molecular weight is 357 g/mol. The van der Waals surface area contributed by atoms with Crippen LogP contribution < -0.4 is 9.47 Å². The zero-order valence-electron chi connectivity index (χ0n) is 13.8. The van der Waals surface area contributed by atoms with Crippen LogP contribution in [-0.2, 0) is 6.54 Å². The first kappa shape index (κ1) is 15.2. The van der Waals surface area contributed by atoms with E-state index >= 15 is 0 Å². The predicted molar refractivity (Wildman–Crippen MR) is 92.8 cm³/mol. The van der Waals surface area contributed by atoms with Crippen LogP contribution in [0.4, 0.5) is 0 Å². The quantitative estimate of drug-likeness (QED) is 0.842. The number of amides is 1. The van der Waals surface area contributed by atoms with Crippen LogP contribution in [0.15, 0.2) is 29.1 Å². The second-order valence-corrected chi connectivity index (χ2v) is 7.70. The molecule has 4 heterocycles. The van der Waals surface area contributed by atoms with Gasteiger partial charge < -0.3 is 14.4 Å². The Morgan fingerprint density at radius 2 is 1.96 bits per heavy atom. The van der Waals surface area contributed by atoms with E-state index in [-0.39, 0.29) is 5.91 Å². The first-order chi connectivity index (χ1) is 12.3. The molecule has 25 heavy (non-hydrogen) atoms. The summed E-state index contributed by atoms with van der Waals surface area (Å²) in [7, 11) is 0. The van der Waals surface area contributed by atoms with Crippen molar-refractivity contribution in [2.75, 3.05) is 33.0 Å². The number of ether oxygens (including phenoxy) is 2. The fourth-order valence-corrected chi connectivity index (χ4v) is 4.69. The van der Waals surface area contributed by atoms with E-state index in [2.05, 4.69) is 22.0 Å². The van der Waals surface area contributed by atoms with Gasteiger partial charge in [0.1, 0.15) is 5.69 Å². The Bertz CT molecular complexity index is 781. The minimum Gasteiger partial charge on any atom is -0.454 e. The van der Waals surface area contributed by atoms with Gasteiger partial charge in [-0.25, -0.2) is 4.98 Å². The highest BCUT2D eigenvalue weighted by molar-refractivity contribution is 7.07. The molecule has 0 N–H and O–H groups in total. The molecule has 7 heteroatoms. The maximum absolute atomic E-state index is 12.5. The molecule has 2 atom stereocenters. The molecule has 0 bridgehead atoms. The number of nitrogens with zero attached hydrogens (tertiary/aromatic N) is 3. The van der Waals surface area contributed by atoms with Crippen LogP contribution in [0.5, 0.6) is 11.5 Å². The summed E-state index contributed by atoms with van der Waals surface area (Å²) in [6.45, 7) is 5.01. The molecule has 0 aliphatic carbocycles. The van der Waals surface area contributed by atoms with E-state index in [1.165, 1.54) is 16.9 Å². The Hall–Kier alpha value is -2.12. The van der Waals surface area contributed by atoms with Crippen molar-refractivity contribution in [2.24, 2.45) is 11.8 Å². The Kier molecular flexibility index (Phi) is 3.64. The lowest BCUT2D eigenvalue weighted by Crippen LogP contribution is -2.33. The van der Waals surface area contributed by atoms with Gasteiger partial charge in [0, 0.05) is 38.1 Å². The van der Waals surface area contributed by atoms with Gasteiger partial charge in [-0.1, -0.05) is 6.07 Å². The Labute approximate surface area is 150 Å². The molecule has 1 amide bonds. The first-order valence-corrected chi connectivity index (χ1v) is 9.49. The molecule has 0 radical (unpaired) electrons. The van der Waals surface area contributed by atoms with Gasteiger partial charge in [-0.05, 0) is 29.5 Å². The number of hydrogen-bond donors (Lipinski definition) is 0. The molecule has 0 spiro atoms. The molecular formula is C18H19N3O3S. The van der Waals surface area contributed by atoms with E-state index in [1.807, 2.05) is 16.3 Å². The van der Waals surface area contributed by atoms with Crippen molar-refractivity contribution in [1.82, 2.24) is 14.8 Å². The minimum absolute atomic E-state index is 0.0815. The van der Waals surface area contributed by atoms with E-state index in [0.29, 0.717) is 24.3 Å². The second kappa shape index (κ2) is 6.00. The zero-order chi connectivity index (χ0) is 16.8. The number of fused-ring (bicyclic) bond motifs is 2. The highest BCUT2D eigenvalue weighted by Crippen LogP contribution is 2.35. The van der Waals surface area contributed by atoms with Crippen molar-refractivity contribution in [3.05, 3.63) is 40.3 Å². The van der Waals surface area contributed by atoms with Crippen molar-refractivity contribution in [3.63, 3.8) is 0 Å². The number of hydrogen-bond acceptors (Lipinski definition) is 6. The van der Waals surface area contributed by atoms with Crippen LogP contribution in [0.2, 0.25) is 0 Å². The number of carbonyl (C=O) groups excluding carboxylic acids is 1. The fourth-order valence-electron chi connectivity index (χ4n) is 4.16. The van der Waals surface area contributed by atoms with Crippen LogP contribution in [0, 0.1) is 11.8 Å². The summed E-state index contributed by atoms with van der Waals surface area (Å²) in [5.74, 6) is 2.89. The molecule has 5 rings (SSSR count). The van der Waals surface area contributed by atoms with Crippen molar-refractivity contribution in [2.45, 2.75) is 6.54 Å². The molecule has 3 aliphatic rings. The van der Waals surface area contributed by atoms with Gasteiger partial charge in [0.15, 0.2) is 11.5 Å². The normalized spacial score (nSPS) is 24.7. The van der Waals surface area contributed by atoms with E-state index in [0.717, 1.165) is 44.2 Å². The average Bonchev–Trinajstić information content (AvgIpc) is 3.37. The van der Waals surface area contributed by atoms with Crippen LogP contribution in [-0.4, -0.2) is 53.7 Å². The molecule has 2 saturated heterocycles. The summed E-state index contributed by atoms with van der Waals surface area (Å²) in [6, 6.07) is 6.18. The van der Waals surface area contributed by atoms with Gasteiger partial charge in [0.2, 0.25) is 6.79 Å². The topological polar surface area (TPSA) is 54.9 Å². The van der Waals surface area contributed by atoms with Gasteiger partial charge in [0.05, 0.1) is 5.51 Å². The van der Waals surface area contributed by atoms with Gasteiger partial charge in [0.25, 0.3) is 5.91 Å². The largest absolute Gasteiger partial charge is 0.454 e. The molecule has 130 valence electrons.